The molecule has 2 aliphatic rings. The third-order valence-electron chi connectivity index (χ3n) is 6.44. The summed E-state index contributed by atoms with van der Waals surface area (Å²) in [6.45, 7) is 1.35. The van der Waals surface area contributed by atoms with E-state index in [1.165, 1.54) is 30.4 Å². The molecule has 31 heavy (non-hydrogen) atoms. The normalized spacial score (nSPS) is 16.8. The first-order valence-electron chi connectivity index (χ1n) is 10.5. The Morgan fingerprint density at radius 3 is 2.68 bits per heavy atom. The molecule has 1 aliphatic carbocycles. The van der Waals surface area contributed by atoms with Crippen LogP contribution in [0.5, 0.6) is 5.75 Å². The van der Waals surface area contributed by atoms with Gasteiger partial charge in [0.1, 0.15) is 11.6 Å². The quantitative estimate of drug-likeness (QED) is 0.605. The SMILES string of the molecule is COc1cc(=O)n(C)cc1C(=O)N(C)C1CN(c2ccc3nnc(C4CCC4)n3n2)C1. The summed E-state index contributed by atoms with van der Waals surface area (Å²) < 4.78 is 8.50. The van der Waals surface area contributed by atoms with Crippen LogP contribution in [-0.2, 0) is 7.05 Å². The number of fused-ring (bicyclic) bond motifs is 1. The highest BCUT2D eigenvalue weighted by Crippen LogP contribution is 2.35. The van der Waals surface area contributed by atoms with Gasteiger partial charge in [0, 0.05) is 45.4 Å². The van der Waals surface area contributed by atoms with Gasteiger partial charge in [-0.25, -0.2) is 0 Å². The van der Waals surface area contributed by atoms with E-state index in [0.717, 1.165) is 30.1 Å². The van der Waals surface area contributed by atoms with E-state index < -0.39 is 0 Å². The van der Waals surface area contributed by atoms with E-state index in [0.29, 0.717) is 30.3 Å². The molecular formula is C21H25N7O3. The van der Waals surface area contributed by atoms with Crippen molar-refractivity contribution < 1.29 is 9.53 Å². The number of hydrogen-bond acceptors (Lipinski definition) is 7. The average Bonchev–Trinajstić information content (AvgIpc) is 3.09. The second-order valence-electron chi connectivity index (χ2n) is 8.33. The smallest absolute Gasteiger partial charge is 0.259 e. The predicted molar refractivity (Wildman–Crippen MR) is 114 cm³/mol. The molecule has 0 N–H and O–H groups in total. The monoisotopic (exact) mass is 423 g/mol. The summed E-state index contributed by atoms with van der Waals surface area (Å²) in [6.07, 6.45) is 5.04. The fraction of sp³-hybridized carbons (Fsp3) is 0.476. The predicted octanol–water partition coefficient (Wildman–Crippen LogP) is 1.06. The number of ether oxygens (including phenoxy) is 1. The number of rotatable bonds is 5. The van der Waals surface area contributed by atoms with E-state index in [-0.39, 0.29) is 17.5 Å². The Morgan fingerprint density at radius 2 is 2.00 bits per heavy atom. The van der Waals surface area contributed by atoms with Crippen LogP contribution < -0.4 is 15.2 Å². The Balaban J connectivity index is 1.31. The number of hydrogen-bond donors (Lipinski definition) is 0. The molecule has 0 aromatic carbocycles. The standard InChI is InChI=1S/C21H25N7O3/c1-25-12-15(16(31-3)9-19(25)29)21(30)26(2)14-10-27(11-14)18-8-7-17-22-23-20(28(17)24-18)13-5-4-6-13/h7-9,12-14H,4-6,10-11H2,1-3H3. The van der Waals surface area contributed by atoms with Crippen LogP contribution in [0, 0.1) is 0 Å². The van der Waals surface area contributed by atoms with Gasteiger partial charge in [-0.05, 0) is 25.0 Å². The van der Waals surface area contributed by atoms with Gasteiger partial charge in [0.05, 0.1) is 18.7 Å². The fourth-order valence-corrected chi connectivity index (χ4v) is 4.07. The highest BCUT2D eigenvalue weighted by Gasteiger charge is 2.35. The van der Waals surface area contributed by atoms with E-state index in [1.54, 1.807) is 19.0 Å². The van der Waals surface area contributed by atoms with Crippen molar-refractivity contribution in [1.82, 2.24) is 29.3 Å². The zero-order chi connectivity index (χ0) is 21.7. The Hall–Kier alpha value is -3.43. The molecule has 1 aliphatic heterocycles. The maximum absolute atomic E-state index is 13.0. The molecule has 1 saturated heterocycles. The highest BCUT2D eigenvalue weighted by atomic mass is 16.5. The molecule has 4 heterocycles. The lowest BCUT2D eigenvalue weighted by Gasteiger charge is -2.44. The number of aryl methyl sites for hydroxylation is 1. The minimum Gasteiger partial charge on any atom is -0.496 e. The van der Waals surface area contributed by atoms with Gasteiger partial charge in [-0.1, -0.05) is 6.42 Å². The van der Waals surface area contributed by atoms with Crippen LogP contribution in [0.1, 0.15) is 41.4 Å². The van der Waals surface area contributed by atoms with E-state index in [1.807, 2.05) is 16.6 Å². The van der Waals surface area contributed by atoms with E-state index in [9.17, 15) is 9.59 Å². The van der Waals surface area contributed by atoms with Crippen LogP contribution in [0.2, 0.25) is 0 Å². The maximum Gasteiger partial charge on any atom is 0.259 e. The van der Waals surface area contributed by atoms with Crippen molar-refractivity contribution >= 4 is 17.4 Å². The van der Waals surface area contributed by atoms with Gasteiger partial charge >= 0.3 is 0 Å². The topological polar surface area (TPSA) is 97.9 Å². The Kier molecular flexibility index (Phi) is 4.64. The number of aromatic nitrogens is 5. The van der Waals surface area contributed by atoms with Gasteiger partial charge in [-0.15, -0.1) is 15.3 Å². The molecule has 3 aromatic rings. The van der Waals surface area contributed by atoms with Crippen LogP contribution in [0.15, 0.2) is 29.2 Å². The molecule has 3 aromatic heterocycles. The largest absolute Gasteiger partial charge is 0.496 e. The summed E-state index contributed by atoms with van der Waals surface area (Å²) in [6, 6.07) is 5.27. The Morgan fingerprint density at radius 1 is 1.23 bits per heavy atom. The number of pyridine rings is 1. The first-order chi connectivity index (χ1) is 15.0. The molecule has 5 rings (SSSR count). The molecule has 2 fully saturated rings. The van der Waals surface area contributed by atoms with E-state index >= 15 is 0 Å². The molecule has 0 atom stereocenters. The molecule has 1 saturated carbocycles. The zero-order valence-corrected chi connectivity index (χ0v) is 17.9. The van der Waals surface area contributed by atoms with Crippen molar-refractivity contribution in [2.24, 2.45) is 7.05 Å². The van der Waals surface area contributed by atoms with Crippen molar-refractivity contribution in [3.63, 3.8) is 0 Å². The fourth-order valence-electron chi connectivity index (χ4n) is 4.07. The van der Waals surface area contributed by atoms with Gasteiger partial charge in [0.15, 0.2) is 11.5 Å². The van der Waals surface area contributed by atoms with Crippen molar-refractivity contribution in [3.05, 3.63) is 46.1 Å². The number of nitrogens with zero attached hydrogens (tertiary/aromatic N) is 7. The summed E-state index contributed by atoms with van der Waals surface area (Å²) in [4.78, 5) is 28.7. The summed E-state index contributed by atoms with van der Waals surface area (Å²) in [5, 5.41) is 13.3. The molecule has 10 nitrogen and oxygen atoms in total. The Labute approximate surface area is 179 Å². The van der Waals surface area contributed by atoms with Crippen molar-refractivity contribution in [1.29, 1.82) is 0 Å². The molecule has 0 unspecified atom stereocenters. The van der Waals surface area contributed by atoms with Gasteiger partial charge in [0.2, 0.25) is 0 Å². The third kappa shape index (κ3) is 3.22. The first kappa shape index (κ1) is 19.5. The number of methoxy groups -OCH3 is 1. The third-order valence-corrected chi connectivity index (χ3v) is 6.44. The molecule has 0 spiro atoms. The summed E-state index contributed by atoms with van der Waals surface area (Å²) >= 11 is 0. The summed E-state index contributed by atoms with van der Waals surface area (Å²) in [7, 11) is 4.86. The summed E-state index contributed by atoms with van der Waals surface area (Å²) in [5.74, 6) is 2.35. The second-order valence-corrected chi connectivity index (χ2v) is 8.33. The number of carbonyl (C=O) groups is 1. The Bertz CT molecular complexity index is 1210. The number of anilines is 1. The summed E-state index contributed by atoms with van der Waals surface area (Å²) in [5.41, 5.74) is 0.916. The van der Waals surface area contributed by atoms with Crippen molar-refractivity contribution in [2.75, 3.05) is 32.1 Å². The maximum atomic E-state index is 13.0. The highest BCUT2D eigenvalue weighted by molar-refractivity contribution is 5.96. The minimum atomic E-state index is -0.220. The van der Waals surface area contributed by atoms with Crippen molar-refractivity contribution in [3.8, 4) is 5.75 Å². The molecule has 162 valence electrons. The molecule has 1 amide bonds. The number of likely N-dealkylation sites (N-methyl/N-ethyl adjacent to an activating group) is 1. The first-order valence-corrected chi connectivity index (χ1v) is 10.5. The van der Waals surface area contributed by atoms with Gasteiger partial charge in [0.25, 0.3) is 11.5 Å². The average molecular weight is 423 g/mol. The van der Waals surface area contributed by atoms with E-state index in [2.05, 4.69) is 15.1 Å². The molecular weight excluding hydrogens is 398 g/mol. The zero-order valence-electron chi connectivity index (χ0n) is 17.9. The minimum absolute atomic E-state index is 0.0407. The van der Waals surface area contributed by atoms with Crippen LogP contribution in [-0.4, -0.2) is 68.5 Å². The van der Waals surface area contributed by atoms with Crippen LogP contribution >= 0.6 is 0 Å². The lowest BCUT2D eigenvalue weighted by molar-refractivity contribution is 0.0700. The molecule has 10 heteroatoms. The van der Waals surface area contributed by atoms with Gasteiger partial charge < -0.3 is 19.1 Å². The van der Waals surface area contributed by atoms with Crippen LogP contribution in [0.4, 0.5) is 5.82 Å². The molecule has 0 bridgehead atoms. The van der Waals surface area contributed by atoms with Crippen LogP contribution in [0.25, 0.3) is 5.65 Å². The van der Waals surface area contributed by atoms with Crippen molar-refractivity contribution in [2.45, 2.75) is 31.2 Å². The number of carbonyl (C=O) groups excluding carboxylic acids is 1. The lowest BCUT2D eigenvalue weighted by Crippen LogP contribution is -2.60. The molecule has 0 radical (unpaired) electrons. The second kappa shape index (κ2) is 7.36. The van der Waals surface area contributed by atoms with E-state index in [4.69, 9.17) is 9.84 Å². The lowest BCUT2D eigenvalue weighted by atomic mass is 9.85. The van der Waals surface area contributed by atoms with Crippen LogP contribution in [0.3, 0.4) is 0 Å². The van der Waals surface area contributed by atoms with Gasteiger partial charge in [-0.2, -0.15) is 4.52 Å². The van der Waals surface area contributed by atoms with Gasteiger partial charge in [-0.3, -0.25) is 9.59 Å². The number of amides is 1.